The quantitative estimate of drug-likeness (QED) is 0.0330. The van der Waals surface area contributed by atoms with Crippen molar-refractivity contribution in [3.63, 3.8) is 0 Å². The predicted octanol–water partition coefficient (Wildman–Crippen LogP) is 9.70. The standard InChI is InChI=1S/C31H35N7O3.C30H34N8O3/c1-3-21-20-32-38-28(19-27(36-30(21)38)37-16-6-5-10-26(37)15-17-39)33-24-8-7-9-25(18-24)35-31(41)22-11-13-23(14-12-22)34-29(40)4-2;1-3-20-19-31-38-27(20)35-29(37-16-6-5-10-25(37)15-17-39)36-30(38)34-24-9-7-8-23(18-24)33-28(41)21-11-13-22(14-12-21)32-26(40)4-2/h4,7-9,11-14,18-20,26,33,39H,2-3,5-6,10,15-17H2,1H3,(H,34,40)(H,35,41);4,7-9,11-14,18-19,25,39H,2-3,5-6,10,15-17H2,1H3,(H,32,40)(H,33,41)(H,34,35,36). The highest BCUT2D eigenvalue weighted by atomic mass is 16.3. The first-order valence-electron chi connectivity index (χ1n) is 27.8. The van der Waals surface area contributed by atoms with E-state index in [0.29, 0.717) is 58.6 Å². The zero-order valence-electron chi connectivity index (χ0n) is 46.1. The molecule has 6 heterocycles. The maximum absolute atomic E-state index is 12.9. The molecule has 0 aliphatic carbocycles. The number of carbonyl (C=O) groups is 4. The third-order valence-electron chi connectivity index (χ3n) is 14.4. The van der Waals surface area contributed by atoms with Gasteiger partial charge in [0.05, 0.1) is 12.4 Å². The Labute approximate surface area is 475 Å². The first-order valence-corrected chi connectivity index (χ1v) is 27.8. The Hall–Kier alpha value is -9.47. The second kappa shape index (κ2) is 27.1. The van der Waals surface area contributed by atoms with Gasteiger partial charge in [0.2, 0.25) is 23.7 Å². The number of aromatic nitrogens is 7. The van der Waals surface area contributed by atoms with E-state index in [1.165, 1.54) is 12.2 Å². The largest absolute Gasteiger partial charge is 0.396 e. The summed E-state index contributed by atoms with van der Waals surface area (Å²) < 4.78 is 3.51. The summed E-state index contributed by atoms with van der Waals surface area (Å²) in [6.07, 6.45) is 15.4. The molecule has 0 saturated carbocycles. The number of nitrogens with zero attached hydrogens (tertiary/aromatic N) is 9. The van der Waals surface area contributed by atoms with Crippen LogP contribution in [-0.2, 0) is 22.4 Å². The molecular formula is C61H69N15O6. The lowest BCUT2D eigenvalue weighted by molar-refractivity contribution is -0.112. The molecular weight excluding hydrogens is 1040 g/mol. The molecule has 4 amide bonds. The number of amides is 4. The van der Waals surface area contributed by atoms with E-state index in [2.05, 4.69) is 78.9 Å². The van der Waals surface area contributed by atoms with Crippen LogP contribution in [-0.4, -0.2) is 106 Å². The molecule has 2 saturated heterocycles. The molecule has 2 fully saturated rings. The van der Waals surface area contributed by atoms with Gasteiger partial charge in [-0.25, -0.2) is 4.98 Å². The number of nitrogens with one attached hydrogen (secondary N) is 6. The van der Waals surface area contributed by atoms with Gasteiger partial charge in [0.25, 0.3) is 11.8 Å². The molecule has 2 unspecified atom stereocenters. The highest BCUT2D eigenvalue weighted by Gasteiger charge is 2.28. The van der Waals surface area contributed by atoms with Crippen molar-refractivity contribution in [1.82, 2.24) is 34.2 Å². The Kier molecular flexibility index (Phi) is 18.9. The minimum atomic E-state index is -0.318. The number of aryl methyl sites for hydroxylation is 2. The van der Waals surface area contributed by atoms with Crippen LogP contribution < -0.4 is 41.7 Å². The highest BCUT2D eigenvalue weighted by molar-refractivity contribution is 6.06. The van der Waals surface area contributed by atoms with E-state index in [1.54, 1.807) is 59.1 Å². The van der Waals surface area contributed by atoms with Gasteiger partial charge in [-0.2, -0.15) is 29.2 Å². The maximum atomic E-state index is 12.9. The van der Waals surface area contributed by atoms with Gasteiger partial charge in [0, 0.05) is 101 Å². The fourth-order valence-corrected chi connectivity index (χ4v) is 10.1. The Morgan fingerprint density at radius 1 is 0.561 bits per heavy atom. The van der Waals surface area contributed by atoms with Gasteiger partial charge in [-0.3, -0.25) is 19.2 Å². The van der Waals surface area contributed by atoms with Crippen molar-refractivity contribution < 1.29 is 29.4 Å². The van der Waals surface area contributed by atoms with Crippen LogP contribution in [0.25, 0.3) is 11.3 Å². The van der Waals surface area contributed by atoms with Crippen molar-refractivity contribution in [1.29, 1.82) is 0 Å². The van der Waals surface area contributed by atoms with Crippen molar-refractivity contribution >= 4 is 92.6 Å². The summed E-state index contributed by atoms with van der Waals surface area (Å²) in [6, 6.07) is 30.5. The second-order valence-corrected chi connectivity index (χ2v) is 19.9. The van der Waals surface area contributed by atoms with E-state index < -0.39 is 0 Å². The number of rotatable bonds is 20. The molecule has 0 spiro atoms. The molecule has 2 atom stereocenters. The number of hydrogen-bond donors (Lipinski definition) is 8. The molecule has 8 N–H and O–H groups in total. The fourth-order valence-electron chi connectivity index (χ4n) is 10.1. The van der Waals surface area contributed by atoms with Crippen LogP contribution >= 0.6 is 0 Å². The molecule has 10 rings (SSSR count). The number of aliphatic hydroxyl groups is 2. The Morgan fingerprint density at radius 3 is 1.57 bits per heavy atom. The monoisotopic (exact) mass is 1110 g/mol. The third kappa shape index (κ3) is 13.9. The van der Waals surface area contributed by atoms with Crippen LogP contribution in [0, 0.1) is 0 Å². The number of hydrogen-bond acceptors (Lipinski definition) is 15. The van der Waals surface area contributed by atoms with Crippen molar-refractivity contribution in [2.24, 2.45) is 0 Å². The van der Waals surface area contributed by atoms with Crippen LogP contribution in [0.4, 0.5) is 57.7 Å². The smallest absolute Gasteiger partial charge is 0.255 e. The summed E-state index contributed by atoms with van der Waals surface area (Å²) >= 11 is 0. The summed E-state index contributed by atoms with van der Waals surface area (Å²) in [5.41, 5.74) is 8.41. The Balaban J connectivity index is 0.000000198. The first-order chi connectivity index (χ1) is 40.0. The molecule has 2 aliphatic heterocycles. The lowest BCUT2D eigenvalue weighted by Gasteiger charge is -2.36. The molecule has 4 aromatic carbocycles. The van der Waals surface area contributed by atoms with Crippen LogP contribution in [0.5, 0.6) is 0 Å². The molecule has 8 aromatic rings. The van der Waals surface area contributed by atoms with Gasteiger partial charge < -0.3 is 51.9 Å². The van der Waals surface area contributed by atoms with Crippen LogP contribution in [0.2, 0.25) is 0 Å². The average Bonchev–Trinajstić information content (AvgIpc) is 4.25. The van der Waals surface area contributed by atoms with Gasteiger partial charge in [-0.05, 0) is 161 Å². The average molecular weight is 1110 g/mol. The van der Waals surface area contributed by atoms with Crippen LogP contribution in [0.1, 0.15) is 97.1 Å². The summed E-state index contributed by atoms with van der Waals surface area (Å²) in [6.45, 7) is 13.0. The Morgan fingerprint density at radius 2 is 1.05 bits per heavy atom. The van der Waals surface area contributed by atoms with Gasteiger partial charge in [0.1, 0.15) is 11.6 Å². The zero-order chi connectivity index (χ0) is 57.5. The molecule has 0 bridgehead atoms. The number of fused-ring (bicyclic) bond motifs is 2. The summed E-state index contributed by atoms with van der Waals surface area (Å²) in [4.78, 5) is 68.1. The second-order valence-electron chi connectivity index (χ2n) is 19.9. The van der Waals surface area contributed by atoms with E-state index in [9.17, 15) is 29.4 Å². The third-order valence-corrected chi connectivity index (χ3v) is 14.4. The van der Waals surface area contributed by atoms with Crippen LogP contribution in [0.15, 0.2) is 141 Å². The first kappa shape index (κ1) is 57.2. The minimum Gasteiger partial charge on any atom is -0.396 e. The normalized spacial score (nSPS) is 15.0. The molecule has 21 heteroatoms. The molecule has 2 aliphatic rings. The molecule has 82 heavy (non-hydrogen) atoms. The van der Waals surface area contributed by atoms with Gasteiger partial charge >= 0.3 is 0 Å². The summed E-state index contributed by atoms with van der Waals surface area (Å²) in [5.74, 6) is 1.58. The summed E-state index contributed by atoms with van der Waals surface area (Å²) in [5, 5.41) is 46.4. The topological polar surface area (TPSA) is 261 Å². The highest BCUT2D eigenvalue weighted by Crippen LogP contribution is 2.32. The minimum absolute atomic E-state index is 0.121. The van der Waals surface area contributed by atoms with Crippen LogP contribution in [0.3, 0.4) is 0 Å². The SMILES string of the molecule is C=CC(=O)Nc1ccc(C(=O)Nc2cccc(Nc3cc(N4CCCCC4CCO)nc4c(CC)cnn34)c2)cc1.C=CC(=O)Nc1ccc(C(=O)Nc2cccc(Nc3nc(N4CCCCC4CCO)nc4c(CC)cnn34)c2)cc1. The summed E-state index contributed by atoms with van der Waals surface area (Å²) in [7, 11) is 0. The Bertz CT molecular complexity index is 3330. The molecule has 21 nitrogen and oxygen atoms in total. The van der Waals surface area contributed by atoms with Gasteiger partial charge in [0.15, 0.2) is 11.3 Å². The number of aliphatic hydroxyl groups excluding tert-OH is 2. The number of piperidine rings is 2. The lowest BCUT2D eigenvalue weighted by atomic mass is 9.99. The number of benzene rings is 4. The van der Waals surface area contributed by atoms with E-state index in [0.717, 1.165) is 110 Å². The molecule has 0 radical (unpaired) electrons. The lowest BCUT2D eigenvalue weighted by Crippen LogP contribution is -2.41. The van der Waals surface area contributed by atoms with Gasteiger partial charge in [-0.1, -0.05) is 39.1 Å². The predicted molar refractivity (Wildman–Crippen MR) is 322 cm³/mol. The van der Waals surface area contributed by atoms with E-state index >= 15 is 0 Å². The number of carbonyl (C=O) groups excluding carboxylic acids is 4. The van der Waals surface area contributed by atoms with Crippen molar-refractivity contribution in [2.75, 3.05) is 68.0 Å². The van der Waals surface area contributed by atoms with E-state index in [1.807, 2.05) is 65.4 Å². The number of anilines is 10. The molecule has 4 aromatic heterocycles. The van der Waals surface area contributed by atoms with E-state index in [-0.39, 0.29) is 48.9 Å². The molecule has 424 valence electrons. The zero-order valence-corrected chi connectivity index (χ0v) is 46.1. The van der Waals surface area contributed by atoms with Crippen molar-refractivity contribution in [2.45, 2.75) is 90.1 Å². The van der Waals surface area contributed by atoms with Crippen molar-refractivity contribution in [3.8, 4) is 0 Å². The van der Waals surface area contributed by atoms with Crippen molar-refractivity contribution in [3.05, 3.63) is 163 Å². The maximum Gasteiger partial charge on any atom is 0.255 e. The van der Waals surface area contributed by atoms with Gasteiger partial charge in [-0.15, -0.1) is 0 Å². The van der Waals surface area contributed by atoms with E-state index in [4.69, 9.17) is 15.0 Å². The fraction of sp³-hybridized carbons (Fsp3) is 0.295.